The van der Waals surface area contributed by atoms with Crippen molar-refractivity contribution in [1.82, 2.24) is 4.31 Å². The van der Waals surface area contributed by atoms with Gasteiger partial charge in [0, 0.05) is 31.2 Å². The first kappa shape index (κ1) is 16.4. The first-order valence-electron chi connectivity index (χ1n) is 7.92. The van der Waals surface area contributed by atoms with Crippen LogP contribution in [0.15, 0.2) is 23.1 Å². The van der Waals surface area contributed by atoms with Crippen molar-refractivity contribution in [3.8, 4) is 0 Å². The molecule has 1 aromatic rings. The Morgan fingerprint density at radius 1 is 1.26 bits per heavy atom. The van der Waals surface area contributed by atoms with E-state index in [0.29, 0.717) is 43.2 Å². The maximum Gasteiger partial charge on any atom is 0.243 e. The molecule has 7 heteroatoms. The van der Waals surface area contributed by atoms with E-state index in [1.165, 1.54) is 4.31 Å². The average Bonchev–Trinajstić information content (AvgIpc) is 2.93. The molecule has 2 heterocycles. The van der Waals surface area contributed by atoms with E-state index in [0.717, 1.165) is 12.1 Å². The topological polar surface area (TPSA) is 66.9 Å². The molecule has 2 aliphatic heterocycles. The molecule has 0 spiro atoms. The minimum Gasteiger partial charge on any atom is -0.378 e. The Balaban J connectivity index is 1.92. The zero-order valence-corrected chi connectivity index (χ0v) is 14.3. The first-order valence-corrected chi connectivity index (χ1v) is 9.36. The van der Waals surface area contributed by atoms with Crippen LogP contribution in [0.3, 0.4) is 0 Å². The molecule has 0 aliphatic carbocycles. The van der Waals surface area contributed by atoms with Gasteiger partial charge in [0.05, 0.1) is 18.1 Å². The number of ether oxygens (including phenoxy) is 1. The fourth-order valence-corrected chi connectivity index (χ4v) is 5.02. The fraction of sp³-hybridized carbons (Fsp3) is 0.562. The molecule has 3 rings (SSSR count). The van der Waals surface area contributed by atoms with Crippen molar-refractivity contribution in [3.05, 3.63) is 23.8 Å². The second kappa shape index (κ2) is 6.22. The summed E-state index contributed by atoms with van der Waals surface area (Å²) in [5.41, 5.74) is 1.44. The number of anilines is 1. The molecule has 2 fully saturated rings. The van der Waals surface area contributed by atoms with Crippen molar-refractivity contribution in [2.45, 2.75) is 37.6 Å². The van der Waals surface area contributed by atoms with E-state index in [-0.39, 0.29) is 11.9 Å². The van der Waals surface area contributed by atoms with Crippen LogP contribution in [0, 0.1) is 6.92 Å². The molecule has 0 saturated carbocycles. The van der Waals surface area contributed by atoms with E-state index in [2.05, 4.69) is 0 Å². The Kier molecular flexibility index (Phi) is 4.44. The van der Waals surface area contributed by atoms with Crippen LogP contribution >= 0.6 is 0 Å². The Hall–Kier alpha value is -1.44. The standard InChI is InChI=1S/C16H22N2O4S/c1-12-10-14(17-7-3-4-16(17)19)5-6-15(12)23(20,21)18-8-9-22-11-13(18)2/h5-6,10,13H,3-4,7-9,11H2,1-2H3/t13-/m1/s1. The normalized spacial score (nSPS) is 23.5. The van der Waals surface area contributed by atoms with Gasteiger partial charge in [0.1, 0.15) is 0 Å². The average molecular weight is 338 g/mol. The van der Waals surface area contributed by atoms with Gasteiger partial charge in [-0.2, -0.15) is 4.31 Å². The van der Waals surface area contributed by atoms with Crippen LogP contribution in [0.4, 0.5) is 5.69 Å². The number of carbonyl (C=O) groups is 1. The zero-order chi connectivity index (χ0) is 16.6. The smallest absolute Gasteiger partial charge is 0.243 e. The summed E-state index contributed by atoms with van der Waals surface area (Å²) in [6, 6.07) is 4.97. The minimum atomic E-state index is -3.55. The van der Waals surface area contributed by atoms with Crippen molar-refractivity contribution >= 4 is 21.6 Å². The number of aryl methyl sites for hydroxylation is 1. The van der Waals surface area contributed by atoms with Crippen LogP contribution in [0.5, 0.6) is 0 Å². The van der Waals surface area contributed by atoms with Crippen LogP contribution in [-0.4, -0.2) is 51.0 Å². The molecule has 1 aromatic carbocycles. The maximum atomic E-state index is 12.9. The SMILES string of the molecule is Cc1cc(N2CCCC2=O)ccc1S(=O)(=O)N1CCOC[C@H]1C. The molecule has 6 nitrogen and oxygen atoms in total. The highest BCUT2D eigenvalue weighted by molar-refractivity contribution is 7.89. The molecule has 2 saturated heterocycles. The van der Waals surface area contributed by atoms with Crippen molar-refractivity contribution in [1.29, 1.82) is 0 Å². The summed E-state index contributed by atoms with van der Waals surface area (Å²) in [5.74, 6) is 0.0989. The number of hydrogen-bond donors (Lipinski definition) is 0. The predicted octanol–water partition coefficient (Wildman–Crippen LogP) is 1.53. The number of amides is 1. The summed E-state index contributed by atoms with van der Waals surface area (Å²) in [6.07, 6.45) is 1.41. The molecule has 23 heavy (non-hydrogen) atoms. The van der Waals surface area contributed by atoms with Gasteiger partial charge in [-0.15, -0.1) is 0 Å². The lowest BCUT2D eigenvalue weighted by atomic mass is 10.2. The summed E-state index contributed by atoms with van der Waals surface area (Å²) in [4.78, 5) is 13.9. The van der Waals surface area contributed by atoms with Gasteiger partial charge in [-0.05, 0) is 44.0 Å². The van der Waals surface area contributed by atoms with E-state index >= 15 is 0 Å². The Bertz CT molecular complexity index is 717. The highest BCUT2D eigenvalue weighted by atomic mass is 32.2. The number of benzene rings is 1. The number of carbonyl (C=O) groups excluding carboxylic acids is 1. The lowest BCUT2D eigenvalue weighted by molar-refractivity contribution is -0.117. The monoisotopic (exact) mass is 338 g/mol. The van der Waals surface area contributed by atoms with E-state index in [4.69, 9.17) is 4.74 Å². The molecule has 0 N–H and O–H groups in total. The van der Waals surface area contributed by atoms with Crippen molar-refractivity contribution in [2.24, 2.45) is 0 Å². The van der Waals surface area contributed by atoms with E-state index in [9.17, 15) is 13.2 Å². The molecular weight excluding hydrogens is 316 g/mol. The van der Waals surface area contributed by atoms with Crippen LogP contribution in [0.1, 0.15) is 25.3 Å². The summed E-state index contributed by atoms with van der Waals surface area (Å²) in [7, 11) is -3.55. The third kappa shape index (κ3) is 3.00. The van der Waals surface area contributed by atoms with E-state index in [1.54, 1.807) is 30.0 Å². The minimum absolute atomic E-state index is 0.0989. The van der Waals surface area contributed by atoms with Gasteiger partial charge in [-0.25, -0.2) is 8.42 Å². The summed E-state index contributed by atoms with van der Waals surface area (Å²) in [6.45, 7) is 5.53. The highest BCUT2D eigenvalue weighted by Gasteiger charge is 2.33. The first-order chi connectivity index (χ1) is 10.9. The summed E-state index contributed by atoms with van der Waals surface area (Å²) >= 11 is 0. The van der Waals surface area contributed by atoms with Gasteiger partial charge in [0.2, 0.25) is 15.9 Å². The Morgan fingerprint density at radius 2 is 2.04 bits per heavy atom. The Morgan fingerprint density at radius 3 is 2.65 bits per heavy atom. The molecule has 0 bridgehead atoms. The molecule has 1 atom stereocenters. The summed E-state index contributed by atoms with van der Waals surface area (Å²) < 4.78 is 32.6. The summed E-state index contributed by atoms with van der Waals surface area (Å²) in [5, 5.41) is 0. The molecular formula is C16H22N2O4S. The number of hydrogen-bond acceptors (Lipinski definition) is 4. The van der Waals surface area contributed by atoms with E-state index < -0.39 is 10.0 Å². The van der Waals surface area contributed by atoms with Crippen molar-refractivity contribution in [3.63, 3.8) is 0 Å². The Labute approximate surface area is 137 Å². The van der Waals surface area contributed by atoms with Crippen LogP contribution < -0.4 is 4.90 Å². The zero-order valence-electron chi connectivity index (χ0n) is 13.5. The predicted molar refractivity (Wildman–Crippen MR) is 86.9 cm³/mol. The fourth-order valence-electron chi connectivity index (χ4n) is 3.21. The van der Waals surface area contributed by atoms with Gasteiger partial charge in [0.25, 0.3) is 0 Å². The largest absolute Gasteiger partial charge is 0.378 e. The molecule has 1 amide bonds. The van der Waals surface area contributed by atoms with Crippen LogP contribution in [-0.2, 0) is 19.6 Å². The lowest BCUT2D eigenvalue weighted by Gasteiger charge is -2.32. The number of nitrogens with zero attached hydrogens (tertiary/aromatic N) is 2. The van der Waals surface area contributed by atoms with E-state index in [1.807, 2.05) is 6.92 Å². The van der Waals surface area contributed by atoms with Gasteiger partial charge in [-0.1, -0.05) is 0 Å². The maximum absolute atomic E-state index is 12.9. The number of sulfonamides is 1. The second-order valence-corrected chi connectivity index (χ2v) is 8.00. The molecule has 2 aliphatic rings. The number of morpholine rings is 1. The number of rotatable bonds is 3. The van der Waals surface area contributed by atoms with Gasteiger partial charge in [-0.3, -0.25) is 4.79 Å². The molecule has 0 unspecified atom stereocenters. The third-order valence-electron chi connectivity index (χ3n) is 4.44. The quantitative estimate of drug-likeness (QED) is 0.838. The van der Waals surface area contributed by atoms with Gasteiger partial charge >= 0.3 is 0 Å². The van der Waals surface area contributed by atoms with Crippen LogP contribution in [0.2, 0.25) is 0 Å². The van der Waals surface area contributed by atoms with Gasteiger partial charge in [0.15, 0.2) is 0 Å². The van der Waals surface area contributed by atoms with Crippen molar-refractivity contribution in [2.75, 3.05) is 31.2 Å². The lowest BCUT2D eigenvalue weighted by Crippen LogP contribution is -2.47. The van der Waals surface area contributed by atoms with Crippen molar-refractivity contribution < 1.29 is 17.9 Å². The third-order valence-corrected chi connectivity index (χ3v) is 6.61. The molecule has 126 valence electrons. The molecule has 0 aromatic heterocycles. The van der Waals surface area contributed by atoms with Crippen LogP contribution in [0.25, 0.3) is 0 Å². The van der Waals surface area contributed by atoms with Gasteiger partial charge < -0.3 is 9.64 Å². The molecule has 0 radical (unpaired) electrons. The highest BCUT2D eigenvalue weighted by Crippen LogP contribution is 2.28. The second-order valence-electron chi connectivity index (χ2n) is 6.14.